The number of fused-ring (bicyclic) bond motifs is 3. The van der Waals surface area contributed by atoms with Crippen molar-refractivity contribution in [3.63, 3.8) is 0 Å². The molecule has 7 N–H and O–H groups in total. The van der Waals surface area contributed by atoms with Crippen LogP contribution in [0.1, 0.15) is 46.8 Å². The molecular weight excluding hydrogens is 473 g/mol. The van der Waals surface area contributed by atoms with Gasteiger partial charge in [0.2, 0.25) is 5.78 Å². The monoisotopic (exact) mass is 501 g/mol. The third-order valence-corrected chi connectivity index (χ3v) is 8.12. The molecule has 1 aliphatic heterocycles. The maximum atomic E-state index is 15.7. The summed E-state index contributed by atoms with van der Waals surface area (Å²) in [4.78, 5) is 40.3. The van der Waals surface area contributed by atoms with Crippen molar-refractivity contribution in [2.24, 2.45) is 17.6 Å². The first-order valence-corrected chi connectivity index (χ1v) is 11.8. The average Bonchev–Trinajstić information content (AvgIpc) is 3.32. The molecule has 1 aromatic carbocycles. The zero-order valence-electron chi connectivity index (χ0n) is 19.8. The number of nitrogens with two attached hydrogens (primary N) is 1. The Kier molecular flexibility index (Phi) is 5.51. The van der Waals surface area contributed by atoms with Crippen molar-refractivity contribution in [1.82, 2.24) is 10.2 Å². The molecule has 3 aliphatic carbocycles. The number of nitrogens with one attached hydrogen (secondary N) is 1. The number of phenols is 1. The Labute approximate surface area is 205 Å². The number of aliphatic hydroxyl groups is 3. The lowest BCUT2D eigenvalue weighted by atomic mass is 9.58. The number of likely N-dealkylation sites (N-methyl/N-ethyl adjacent to an activating group) is 1. The molecule has 1 heterocycles. The number of nitrogens with zero attached hydrogens (tertiary/aromatic N) is 1. The van der Waals surface area contributed by atoms with Gasteiger partial charge in [0.1, 0.15) is 28.7 Å². The maximum absolute atomic E-state index is 15.7. The highest BCUT2D eigenvalue weighted by Gasteiger charge is 2.63. The topological polar surface area (TPSA) is 173 Å². The van der Waals surface area contributed by atoms with Gasteiger partial charge in [0.05, 0.1) is 11.6 Å². The van der Waals surface area contributed by atoms with Crippen molar-refractivity contribution in [2.75, 3.05) is 20.6 Å². The second kappa shape index (κ2) is 8.12. The van der Waals surface area contributed by atoms with E-state index in [1.807, 2.05) is 0 Å². The lowest BCUT2D eigenvalue weighted by Crippen LogP contribution is -2.63. The zero-order valence-corrected chi connectivity index (χ0v) is 19.8. The van der Waals surface area contributed by atoms with Crippen LogP contribution < -0.4 is 11.1 Å². The Morgan fingerprint density at radius 3 is 2.53 bits per heavy atom. The lowest BCUT2D eigenvalue weighted by Gasteiger charge is -2.50. The number of aliphatic hydroxyl groups excluding tert-OH is 2. The van der Waals surface area contributed by atoms with Crippen molar-refractivity contribution >= 4 is 17.5 Å². The molecule has 1 fully saturated rings. The Balaban J connectivity index is 1.69. The summed E-state index contributed by atoms with van der Waals surface area (Å²) in [6.07, 6.45) is 1.36. The summed E-state index contributed by atoms with van der Waals surface area (Å²) in [6.45, 7) is 0.703. The number of phenolic OH excluding ortho intramolecular Hbond substituents is 1. The van der Waals surface area contributed by atoms with Gasteiger partial charge in [-0.2, -0.15) is 0 Å². The van der Waals surface area contributed by atoms with E-state index >= 15 is 4.39 Å². The van der Waals surface area contributed by atoms with Crippen LogP contribution >= 0.6 is 0 Å². The molecule has 1 unspecified atom stereocenters. The van der Waals surface area contributed by atoms with Gasteiger partial charge in [0, 0.05) is 28.7 Å². The van der Waals surface area contributed by atoms with Crippen LogP contribution in [0.2, 0.25) is 0 Å². The number of allylic oxidation sites excluding steroid dienone is 1. The van der Waals surface area contributed by atoms with E-state index < -0.39 is 69.6 Å². The number of halogens is 1. The molecule has 5 rings (SSSR count). The van der Waals surface area contributed by atoms with Gasteiger partial charge >= 0.3 is 0 Å². The van der Waals surface area contributed by atoms with E-state index in [9.17, 15) is 34.8 Å². The molecule has 192 valence electrons. The fraction of sp³-hybridized carbons (Fsp3) is 0.480. The molecule has 10 nitrogen and oxygen atoms in total. The Bertz CT molecular complexity index is 1280. The number of hydrogen-bond donors (Lipinski definition) is 6. The predicted molar refractivity (Wildman–Crippen MR) is 124 cm³/mol. The van der Waals surface area contributed by atoms with Crippen LogP contribution in [0.5, 0.6) is 5.75 Å². The summed E-state index contributed by atoms with van der Waals surface area (Å²) in [7, 11) is 3.10. The highest BCUT2D eigenvalue weighted by atomic mass is 19.1. The Morgan fingerprint density at radius 2 is 1.94 bits per heavy atom. The first-order valence-electron chi connectivity index (χ1n) is 11.8. The first kappa shape index (κ1) is 24.4. The van der Waals surface area contributed by atoms with Crippen LogP contribution in [0.4, 0.5) is 4.39 Å². The number of Topliss-reactive ketones (excluding diaryl/α,β-unsaturated/α-hetero) is 2. The fourth-order valence-corrected chi connectivity index (χ4v) is 6.52. The van der Waals surface area contributed by atoms with Gasteiger partial charge in [-0.3, -0.25) is 19.3 Å². The zero-order chi connectivity index (χ0) is 26.3. The number of hydrogen-bond acceptors (Lipinski definition) is 9. The largest absolute Gasteiger partial charge is 0.510 e. The summed E-state index contributed by atoms with van der Waals surface area (Å²) in [5.41, 5.74) is 1.36. The molecule has 0 radical (unpaired) electrons. The summed E-state index contributed by atoms with van der Waals surface area (Å²) >= 11 is 0. The van der Waals surface area contributed by atoms with Crippen molar-refractivity contribution in [3.05, 3.63) is 51.2 Å². The maximum Gasteiger partial charge on any atom is 0.255 e. The van der Waals surface area contributed by atoms with Crippen LogP contribution in [-0.4, -0.2) is 75.1 Å². The number of carbonyl (C=O) groups excluding carboxylic acids is 3. The van der Waals surface area contributed by atoms with Crippen molar-refractivity contribution in [1.29, 1.82) is 0 Å². The predicted octanol–water partition coefficient (Wildman–Crippen LogP) is 0.684. The quantitative estimate of drug-likeness (QED) is 0.326. The van der Waals surface area contributed by atoms with E-state index in [2.05, 4.69) is 5.32 Å². The van der Waals surface area contributed by atoms with Gasteiger partial charge < -0.3 is 31.5 Å². The average molecular weight is 502 g/mol. The molecule has 0 aromatic heterocycles. The van der Waals surface area contributed by atoms with Crippen molar-refractivity contribution in [3.8, 4) is 5.75 Å². The van der Waals surface area contributed by atoms with Crippen LogP contribution in [0, 0.1) is 17.7 Å². The molecule has 0 bridgehead atoms. The van der Waals surface area contributed by atoms with E-state index in [-0.39, 0.29) is 41.1 Å². The molecule has 11 heteroatoms. The minimum Gasteiger partial charge on any atom is -0.510 e. The number of carbonyl (C=O) groups is 3. The molecule has 1 amide bonds. The number of aromatic hydroxyl groups is 1. The normalized spacial score (nSPS) is 32.0. The summed E-state index contributed by atoms with van der Waals surface area (Å²) < 4.78 is 15.7. The SMILES string of the molecule is CN(C)[C@@H]1C(O)=C(C(N)=O)C(=O)[C@@]2(O)C(O)=C3C(=O)c4c(O)cc(C5CCCN5)c(F)c4C[C@H]3C[C@@H]12. The van der Waals surface area contributed by atoms with Crippen LogP contribution in [0.3, 0.4) is 0 Å². The van der Waals surface area contributed by atoms with E-state index in [1.54, 1.807) is 14.1 Å². The number of ketones is 2. The third kappa shape index (κ3) is 3.09. The van der Waals surface area contributed by atoms with Gasteiger partial charge in [-0.05, 0) is 58.3 Å². The lowest BCUT2D eigenvalue weighted by molar-refractivity contribution is -0.148. The van der Waals surface area contributed by atoms with Gasteiger partial charge in [0.15, 0.2) is 11.4 Å². The molecule has 4 aliphatic rings. The highest BCUT2D eigenvalue weighted by Crippen LogP contribution is 2.52. The van der Waals surface area contributed by atoms with Crippen molar-refractivity contribution < 1.29 is 39.2 Å². The minimum absolute atomic E-state index is 0.0109. The van der Waals surface area contributed by atoms with E-state index in [4.69, 9.17) is 5.73 Å². The standard InChI is InChI=1S/C25H28FN3O7/c1-29(2)19-12-7-9-6-11-16(14(30)8-10(18(11)26)13-4-3-5-28-13)20(31)15(9)22(33)25(12,36)23(34)17(21(19)32)24(27)35/h8-9,12-13,19,28,30,32-33,36H,3-7H2,1-2H3,(H2,27,35)/t9-,12-,13?,19-,25-/m0/s1. The van der Waals surface area contributed by atoms with Gasteiger partial charge in [0.25, 0.3) is 5.91 Å². The van der Waals surface area contributed by atoms with Crippen LogP contribution in [-0.2, 0) is 16.0 Å². The first-order chi connectivity index (χ1) is 16.9. The van der Waals surface area contributed by atoms with E-state index in [0.29, 0.717) is 13.0 Å². The van der Waals surface area contributed by atoms with E-state index in [0.717, 1.165) is 6.42 Å². The van der Waals surface area contributed by atoms with Gasteiger partial charge in [-0.1, -0.05) is 0 Å². The molecule has 0 saturated carbocycles. The smallest absolute Gasteiger partial charge is 0.255 e. The van der Waals surface area contributed by atoms with Crippen LogP contribution in [0.25, 0.3) is 0 Å². The third-order valence-electron chi connectivity index (χ3n) is 8.12. The van der Waals surface area contributed by atoms with Gasteiger partial charge in [-0.15, -0.1) is 0 Å². The number of primary amides is 1. The summed E-state index contributed by atoms with van der Waals surface area (Å²) in [5, 5.41) is 47.5. The molecule has 0 spiro atoms. The number of benzene rings is 1. The molecular formula is C25H28FN3O7. The fourth-order valence-electron chi connectivity index (χ4n) is 6.52. The van der Waals surface area contributed by atoms with Crippen molar-refractivity contribution in [2.45, 2.75) is 43.4 Å². The Morgan fingerprint density at radius 1 is 1.25 bits per heavy atom. The minimum atomic E-state index is -2.72. The number of rotatable bonds is 3. The molecule has 1 saturated heterocycles. The highest BCUT2D eigenvalue weighted by molar-refractivity contribution is 6.24. The second-order valence-corrected chi connectivity index (χ2v) is 10.3. The van der Waals surface area contributed by atoms with Crippen LogP contribution in [0.15, 0.2) is 28.7 Å². The molecule has 36 heavy (non-hydrogen) atoms. The van der Waals surface area contributed by atoms with E-state index in [1.165, 1.54) is 11.0 Å². The molecule has 1 aromatic rings. The molecule has 5 atom stereocenters. The number of amides is 1. The summed E-state index contributed by atoms with van der Waals surface area (Å²) in [5.74, 6) is -8.14. The Hall–Kier alpha value is -3.28. The summed E-state index contributed by atoms with van der Waals surface area (Å²) in [6, 6.07) is -0.197. The second-order valence-electron chi connectivity index (χ2n) is 10.3. The van der Waals surface area contributed by atoms with Gasteiger partial charge in [-0.25, -0.2) is 4.39 Å².